The van der Waals surface area contributed by atoms with E-state index < -0.39 is 0 Å². The van der Waals surface area contributed by atoms with E-state index in [4.69, 9.17) is 5.26 Å². The molecule has 8 heteroatoms. The summed E-state index contributed by atoms with van der Waals surface area (Å²) in [5.41, 5.74) is 2.55. The molecule has 150 valence electrons. The fourth-order valence-corrected chi connectivity index (χ4v) is 3.58. The molecule has 1 N–H and O–H groups in total. The van der Waals surface area contributed by atoms with E-state index in [1.807, 2.05) is 28.9 Å². The third-order valence-corrected chi connectivity index (χ3v) is 5.02. The maximum absolute atomic E-state index is 13.0. The zero-order valence-corrected chi connectivity index (χ0v) is 16.2. The number of amides is 2. The average molecular weight is 400 g/mol. The topological polar surface area (TPSA) is 104 Å². The smallest absolute Gasteiger partial charge is 0.254 e. The van der Waals surface area contributed by atoms with Gasteiger partial charge in [-0.1, -0.05) is 12.1 Å². The molecule has 8 nitrogen and oxygen atoms in total. The molecule has 0 radical (unpaired) electrons. The van der Waals surface area contributed by atoms with Gasteiger partial charge in [0.05, 0.1) is 48.6 Å². The Bertz CT molecular complexity index is 1100. The number of hydrogen-bond donors (Lipinski definition) is 1. The van der Waals surface area contributed by atoms with Crippen molar-refractivity contribution in [1.82, 2.24) is 25.0 Å². The molecule has 0 saturated heterocycles. The molecular formula is C22H20N6O2. The van der Waals surface area contributed by atoms with E-state index in [0.717, 1.165) is 11.4 Å². The number of carbonyl (C=O) groups excluding carboxylic acids is 2. The zero-order valence-electron chi connectivity index (χ0n) is 16.2. The molecular weight excluding hydrogens is 380 g/mol. The number of nitrogens with one attached hydrogen (secondary N) is 1. The molecule has 1 atom stereocenters. The molecule has 1 aliphatic heterocycles. The number of rotatable bonds is 5. The van der Waals surface area contributed by atoms with Crippen LogP contribution in [0.1, 0.15) is 39.8 Å². The Balaban J connectivity index is 1.46. The van der Waals surface area contributed by atoms with Crippen molar-refractivity contribution in [1.29, 1.82) is 5.26 Å². The van der Waals surface area contributed by atoms with E-state index in [1.54, 1.807) is 41.6 Å². The standard InChI is InChI=1S/C22H20N6O2/c23-12-16-4-3-5-17(10-16)22(30)27-14-19-7-9-26-28(19)20(15-27)11-21(29)25-13-18-6-1-2-8-24-18/h1-10,20H,11,13-15H2,(H,25,29). The summed E-state index contributed by atoms with van der Waals surface area (Å²) in [5, 5.41) is 16.3. The lowest BCUT2D eigenvalue weighted by molar-refractivity contribution is -0.122. The van der Waals surface area contributed by atoms with Crippen molar-refractivity contribution in [3.8, 4) is 6.07 Å². The maximum Gasteiger partial charge on any atom is 0.254 e. The van der Waals surface area contributed by atoms with Crippen LogP contribution in [-0.4, -0.2) is 38.0 Å². The Hall–Kier alpha value is -3.99. The lowest BCUT2D eigenvalue weighted by Crippen LogP contribution is -2.43. The van der Waals surface area contributed by atoms with Crippen LogP contribution in [0.4, 0.5) is 0 Å². The van der Waals surface area contributed by atoms with Crippen molar-refractivity contribution in [3.63, 3.8) is 0 Å². The van der Waals surface area contributed by atoms with Gasteiger partial charge in [0.15, 0.2) is 0 Å². The molecule has 2 aromatic heterocycles. The molecule has 3 heterocycles. The molecule has 0 bridgehead atoms. The van der Waals surface area contributed by atoms with Crippen LogP contribution in [0, 0.1) is 11.3 Å². The summed E-state index contributed by atoms with van der Waals surface area (Å²) >= 11 is 0. The van der Waals surface area contributed by atoms with E-state index in [-0.39, 0.29) is 24.3 Å². The summed E-state index contributed by atoms with van der Waals surface area (Å²) in [7, 11) is 0. The highest BCUT2D eigenvalue weighted by atomic mass is 16.2. The lowest BCUT2D eigenvalue weighted by atomic mass is 10.1. The van der Waals surface area contributed by atoms with Gasteiger partial charge in [-0.2, -0.15) is 10.4 Å². The fourth-order valence-electron chi connectivity index (χ4n) is 3.58. The van der Waals surface area contributed by atoms with E-state index in [9.17, 15) is 9.59 Å². The number of aromatic nitrogens is 3. The monoisotopic (exact) mass is 400 g/mol. The summed E-state index contributed by atoms with van der Waals surface area (Å²) in [6.45, 7) is 1.12. The third-order valence-electron chi connectivity index (χ3n) is 5.02. The van der Waals surface area contributed by atoms with Crippen molar-refractivity contribution >= 4 is 11.8 Å². The van der Waals surface area contributed by atoms with E-state index in [1.165, 1.54) is 0 Å². The van der Waals surface area contributed by atoms with Crippen molar-refractivity contribution < 1.29 is 9.59 Å². The van der Waals surface area contributed by atoms with Crippen LogP contribution in [0.3, 0.4) is 0 Å². The number of nitrogens with zero attached hydrogens (tertiary/aromatic N) is 5. The number of pyridine rings is 1. The zero-order chi connectivity index (χ0) is 20.9. The van der Waals surface area contributed by atoms with Crippen LogP contribution < -0.4 is 5.32 Å². The van der Waals surface area contributed by atoms with Crippen molar-refractivity contribution in [2.75, 3.05) is 6.54 Å². The fraction of sp³-hybridized carbons (Fsp3) is 0.227. The van der Waals surface area contributed by atoms with Gasteiger partial charge in [0, 0.05) is 24.5 Å². The molecule has 1 aliphatic rings. The van der Waals surface area contributed by atoms with E-state index in [0.29, 0.717) is 30.8 Å². The van der Waals surface area contributed by atoms with Gasteiger partial charge in [0.1, 0.15) is 0 Å². The highest BCUT2D eigenvalue weighted by Gasteiger charge is 2.30. The quantitative estimate of drug-likeness (QED) is 0.706. The van der Waals surface area contributed by atoms with Gasteiger partial charge >= 0.3 is 0 Å². The Morgan fingerprint density at radius 1 is 1.17 bits per heavy atom. The predicted octanol–water partition coefficient (Wildman–Crippen LogP) is 2.05. The van der Waals surface area contributed by atoms with Gasteiger partial charge in [-0.15, -0.1) is 0 Å². The minimum atomic E-state index is -0.268. The molecule has 3 aromatic rings. The summed E-state index contributed by atoms with van der Waals surface area (Å²) in [6, 6.07) is 15.8. The van der Waals surface area contributed by atoms with Crippen LogP contribution >= 0.6 is 0 Å². The van der Waals surface area contributed by atoms with Gasteiger partial charge < -0.3 is 10.2 Å². The maximum atomic E-state index is 13.0. The first-order valence-electron chi connectivity index (χ1n) is 9.62. The first-order chi connectivity index (χ1) is 14.6. The van der Waals surface area contributed by atoms with Gasteiger partial charge in [-0.25, -0.2) is 0 Å². The molecule has 1 aromatic carbocycles. The number of nitriles is 1. The molecule has 4 rings (SSSR count). The lowest BCUT2D eigenvalue weighted by Gasteiger charge is -2.33. The molecule has 1 unspecified atom stereocenters. The number of benzene rings is 1. The van der Waals surface area contributed by atoms with Crippen molar-refractivity contribution in [2.24, 2.45) is 0 Å². The van der Waals surface area contributed by atoms with E-state index >= 15 is 0 Å². The molecule has 0 fully saturated rings. The van der Waals surface area contributed by atoms with Gasteiger partial charge in [-0.05, 0) is 36.4 Å². The summed E-state index contributed by atoms with van der Waals surface area (Å²) < 4.78 is 1.82. The largest absolute Gasteiger partial charge is 0.350 e. The predicted molar refractivity (Wildman–Crippen MR) is 108 cm³/mol. The first-order valence-corrected chi connectivity index (χ1v) is 9.62. The van der Waals surface area contributed by atoms with Crippen LogP contribution in [0.25, 0.3) is 0 Å². The number of hydrogen-bond acceptors (Lipinski definition) is 5. The highest BCUT2D eigenvalue weighted by molar-refractivity contribution is 5.94. The normalized spacial score (nSPS) is 15.2. The summed E-state index contributed by atoms with van der Waals surface area (Å²) in [5.74, 6) is -0.300. The highest BCUT2D eigenvalue weighted by Crippen LogP contribution is 2.24. The van der Waals surface area contributed by atoms with Gasteiger partial charge in [0.25, 0.3) is 5.91 Å². The number of carbonyl (C=O) groups is 2. The average Bonchev–Trinajstić information content (AvgIpc) is 3.27. The van der Waals surface area contributed by atoms with Crippen LogP contribution in [0.5, 0.6) is 0 Å². The second-order valence-corrected chi connectivity index (χ2v) is 7.10. The Morgan fingerprint density at radius 2 is 2.07 bits per heavy atom. The van der Waals surface area contributed by atoms with Crippen LogP contribution in [0.15, 0.2) is 60.9 Å². The van der Waals surface area contributed by atoms with Gasteiger partial charge in [-0.3, -0.25) is 19.3 Å². The first kappa shape index (κ1) is 19.3. The minimum absolute atomic E-state index is 0.132. The third kappa shape index (κ3) is 4.20. The second kappa shape index (κ2) is 8.57. The van der Waals surface area contributed by atoms with Crippen LogP contribution in [0.2, 0.25) is 0 Å². The van der Waals surface area contributed by atoms with Crippen LogP contribution in [-0.2, 0) is 17.9 Å². The van der Waals surface area contributed by atoms with Gasteiger partial charge in [0.2, 0.25) is 5.91 Å². The summed E-state index contributed by atoms with van der Waals surface area (Å²) in [4.78, 5) is 31.4. The number of fused-ring (bicyclic) bond motifs is 1. The molecule has 30 heavy (non-hydrogen) atoms. The van der Waals surface area contributed by atoms with Crippen molar-refractivity contribution in [2.45, 2.75) is 25.6 Å². The van der Waals surface area contributed by atoms with Crippen molar-refractivity contribution in [3.05, 3.63) is 83.4 Å². The SMILES string of the molecule is N#Cc1cccc(C(=O)N2Cc3ccnn3C(CC(=O)NCc3ccccn3)C2)c1. The van der Waals surface area contributed by atoms with E-state index in [2.05, 4.69) is 21.5 Å². The molecule has 0 saturated carbocycles. The molecule has 0 aliphatic carbocycles. The second-order valence-electron chi connectivity index (χ2n) is 7.10. The molecule has 0 spiro atoms. The Morgan fingerprint density at radius 3 is 2.87 bits per heavy atom. The molecule has 2 amide bonds. The Labute approximate surface area is 173 Å². The Kier molecular flexibility index (Phi) is 5.52. The minimum Gasteiger partial charge on any atom is -0.350 e. The summed E-state index contributed by atoms with van der Waals surface area (Å²) in [6.07, 6.45) is 3.56.